The summed E-state index contributed by atoms with van der Waals surface area (Å²) in [5.41, 5.74) is 1.69. The summed E-state index contributed by atoms with van der Waals surface area (Å²) in [6.07, 6.45) is 0. The van der Waals surface area contributed by atoms with Crippen molar-refractivity contribution in [2.75, 3.05) is 22.9 Å². The number of carbonyl (C=O) groups excluding carboxylic acids is 1. The smallest absolute Gasteiger partial charge is 0.234 e. The van der Waals surface area contributed by atoms with Crippen LogP contribution in [0.1, 0.15) is 6.92 Å². The van der Waals surface area contributed by atoms with Crippen molar-refractivity contribution in [3.05, 3.63) is 52.1 Å². The Labute approximate surface area is 164 Å². The Balaban J connectivity index is 1.72. The lowest BCUT2D eigenvalue weighted by atomic mass is 10.2. The second-order valence-corrected chi connectivity index (χ2v) is 7.32. The minimum absolute atomic E-state index is 0.0733. The zero-order chi connectivity index (χ0) is 17.6. The number of nitrogens with one attached hydrogen (secondary N) is 2. The number of carbonyl (C=O) groups is 1. The number of benzene rings is 2. The molecule has 0 radical (unpaired) electrons. The number of aromatic nitrogens is 2. The third-order valence-corrected chi connectivity index (χ3v) is 5.20. The van der Waals surface area contributed by atoms with E-state index in [-0.39, 0.29) is 11.7 Å². The van der Waals surface area contributed by atoms with Gasteiger partial charge in [-0.15, -0.1) is 0 Å². The van der Waals surface area contributed by atoms with E-state index in [1.54, 1.807) is 0 Å². The van der Waals surface area contributed by atoms with E-state index in [9.17, 15) is 4.79 Å². The van der Waals surface area contributed by atoms with E-state index in [4.69, 9.17) is 0 Å². The van der Waals surface area contributed by atoms with Gasteiger partial charge in [-0.3, -0.25) is 4.79 Å². The Bertz CT molecular complexity index is 903. The predicted molar refractivity (Wildman–Crippen MR) is 112 cm³/mol. The van der Waals surface area contributed by atoms with E-state index in [0.717, 1.165) is 32.5 Å². The molecule has 0 unspecified atom stereocenters. The first-order valence-corrected chi connectivity index (χ1v) is 9.91. The summed E-state index contributed by atoms with van der Waals surface area (Å²) >= 11 is 3.53. The molecule has 0 spiro atoms. The van der Waals surface area contributed by atoms with Gasteiger partial charge in [-0.25, -0.2) is 9.97 Å². The first kappa shape index (κ1) is 17.9. The van der Waals surface area contributed by atoms with Crippen LogP contribution in [-0.4, -0.2) is 28.2 Å². The monoisotopic (exact) mass is 464 g/mol. The van der Waals surface area contributed by atoms with Crippen molar-refractivity contribution in [1.29, 1.82) is 0 Å². The Morgan fingerprint density at radius 2 is 1.88 bits per heavy atom. The fourth-order valence-corrected chi connectivity index (χ4v) is 3.47. The highest BCUT2D eigenvalue weighted by molar-refractivity contribution is 14.1. The Hall–Kier alpha value is -1.87. The lowest BCUT2D eigenvalue weighted by Crippen LogP contribution is -2.15. The van der Waals surface area contributed by atoms with E-state index >= 15 is 0 Å². The van der Waals surface area contributed by atoms with E-state index in [1.165, 1.54) is 11.8 Å². The molecule has 0 bridgehead atoms. The maximum atomic E-state index is 12.2. The molecule has 0 aliphatic heterocycles. The van der Waals surface area contributed by atoms with Crippen LogP contribution in [0.2, 0.25) is 0 Å². The van der Waals surface area contributed by atoms with Gasteiger partial charge in [-0.1, -0.05) is 36.0 Å². The molecule has 1 heterocycles. The van der Waals surface area contributed by atoms with E-state index in [2.05, 4.69) is 43.2 Å². The summed E-state index contributed by atoms with van der Waals surface area (Å²) in [6.45, 7) is 2.80. The fourth-order valence-electron chi connectivity index (χ4n) is 2.30. The Kier molecular flexibility index (Phi) is 6.09. The summed E-state index contributed by atoms with van der Waals surface area (Å²) in [5, 5.41) is 7.75. The highest BCUT2D eigenvalue weighted by atomic mass is 127. The second kappa shape index (κ2) is 8.48. The number of anilines is 2. The summed E-state index contributed by atoms with van der Waals surface area (Å²) in [6, 6.07) is 15.5. The molecule has 3 aromatic rings. The molecule has 0 saturated carbocycles. The first-order chi connectivity index (χ1) is 12.2. The van der Waals surface area contributed by atoms with Crippen LogP contribution in [0.4, 0.5) is 11.5 Å². The topological polar surface area (TPSA) is 66.9 Å². The summed E-state index contributed by atoms with van der Waals surface area (Å²) in [4.78, 5) is 21.3. The maximum absolute atomic E-state index is 12.2. The molecular weight excluding hydrogens is 447 g/mol. The zero-order valence-corrected chi connectivity index (χ0v) is 16.6. The highest BCUT2D eigenvalue weighted by Crippen LogP contribution is 2.24. The largest absolute Gasteiger partial charge is 0.370 e. The van der Waals surface area contributed by atoms with Crippen molar-refractivity contribution in [2.24, 2.45) is 0 Å². The van der Waals surface area contributed by atoms with Crippen molar-refractivity contribution < 1.29 is 4.79 Å². The van der Waals surface area contributed by atoms with E-state index < -0.39 is 0 Å². The van der Waals surface area contributed by atoms with E-state index in [1.807, 2.05) is 55.5 Å². The van der Waals surface area contributed by atoms with Crippen LogP contribution in [0.5, 0.6) is 0 Å². The highest BCUT2D eigenvalue weighted by Gasteiger charge is 2.10. The number of hydrogen-bond acceptors (Lipinski definition) is 5. The molecule has 2 aromatic carbocycles. The number of hydrogen-bond donors (Lipinski definition) is 2. The van der Waals surface area contributed by atoms with Gasteiger partial charge in [0.05, 0.1) is 17.0 Å². The third-order valence-electron chi connectivity index (χ3n) is 3.41. The van der Waals surface area contributed by atoms with Gasteiger partial charge in [-0.2, -0.15) is 0 Å². The molecule has 2 N–H and O–H groups in total. The van der Waals surface area contributed by atoms with Gasteiger partial charge in [0, 0.05) is 15.5 Å². The molecule has 25 heavy (non-hydrogen) atoms. The summed E-state index contributed by atoms with van der Waals surface area (Å²) in [7, 11) is 0. The number of fused-ring (bicyclic) bond motifs is 1. The third kappa shape index (κ3) is 4.60. The second-order valence-electron chi connectivity index (χ2n) is 5.22. The number of para-hydroxylation sites is 2. The molecule has 0 aliphatic carbocycles. The minimum Gasteiger partial charge on any atom is -0.370 e. The number of halogens is 1. The zero-order valence-electron chi connectivity index (χ0n) is 13.6. The van der Waals surface area contributed by atoms with Crippen LogP contribution in [0, 0.1) is 3.57 Å². The Morgan fingerprint density at radius 3 is 2.68 bits per heavy atom. The average molecular weight is 464 g/mol. The molecule has 3 rings (SSSR count). The molecule has 128 valence electrons. The molecule has 1 amide bonds. The molecule has 0 atom stereocenters. The molecule has 5 nitrogen and oxygen atoms in total. The number of amides is 1. The molecule has 1 aromatic heterocycles. The van der Waals surface area contributed by atoms with Gasteiger partial charge in [0.25, 0.3) is 0 Å². The van der Waals surface area contributed by atoms with Crippen LogP contribution in [0.15, 0.2) is 53.7 Å². The van der Waals surface area contributed by atoms with Gasteiger partial charge in [-0.05, 0) is 53.8 Å². The van der Waals surface area contributed by atoms with Gasteiger partial charge >= 0.3 is 0 Å². The quantitative estimate of drug-likeness (QED) is 0.322. The normalized spacial score (nSPS) is 10.6. The van der Waals surface area contributed by atoms with Crippen molar-refractivity contribution in [3.8, 4) is 0 Å². The van der Waals surface area contributed by atoms with Crippen LogP contribution in [0.25, 0.3) is 10.9 Å². The number of nitrogens with zero attached hydrogens (tertiary/aromatic N) is 2. The van der Waals surface area contributed by atoms with Crippen molar-refractivity contribution in [1.82, 2.24) is 9.97 Å². The van der Waals surface area contributed by atoms with Gasteiger partial charge in [0.15, 0.2) is 5.16 Å². The van der Waals surface area contributed by atoms with Crippen LogP contribution < -0.4 is 10.6 Å². The minimum atomic E-state index is -0.0733. The fraction of sp³-hybridized carbons (Fsp3) is 0.167. The Morgan fingerprint density at radius 1 is 1.12 bits per heavy atom. The summed E-state index contributed by atoms with van der Waals surface area (Å²) in [5.74, 6) is 0.985. The van der Waals surface area contributed by atoms with Crippen molar-refractivity contribution in [2.45, 2.75) is 12.1 Å². The maximum Gasteiger partial charge on any atom is 0.234 e. The SMILES string of the molecule is CCNc1nc(SCC(=O)Nc2ccccc2I)nc2ccccc12. The van der Waals surface area contributed by atoms with E-state index in [0.29, 0.717) is 5.16 Å². The molecular formula is C18H17IN4OS. The van der Waals surface area contributed by atoms with Crippen molar-refractivity contribution >= 4 is 62.7 Å². The first-order valence-electron chi connectivity index (χ1n) is 7.85. The lowest BCUT2D eigenvalue weighted by molar-refractivity contribution is -0.113. The summed E-state index contributed by atoms with van der Waals surface area (Å²) < 4.78 is 1.01. The molecule has 0 aliphatic rings. The van der Waals surface area contributed by atoms with Gasteiger partial charge < -0.3 is 10.6 Å². The van der Waals surface area contributed by atoms with Crippen molar-refractivity contribution in [3.63, 3.8) is 0 Å². The standard InChI is InChI=1S/C18H17IN4OS/c1-2-20-17-12-7-3-5-9-14(12)22-18(23-17)25-11-16(24)21-15-10-6-4-8-13(15)19/h3-10H,2,11H2,1H3,(H,21,24)(H,20,22,23). The number of thioether (sulfide) groups is 1. The van der Waals surface area contributed by atoms with Crippen LogP contribution in [0.3, 0.4) is 0 Å². The van der Waals surface area contributed by atoms with Gasteiger partial charge in [0.1, 0.15) is 5.82 Å². The van der Waals surface area contributed by atoms with Gasteiger partial charge in [0.2, 0.25) is 5.91 Å². The molecule has 0 fully saturated rings. The molecule has 7 heteroatoms. The lowest BCUT2D eigenvalue weighted by Gasteiger charge is -2.09. The number of rotatable bonds is 6. The predicted octanol–water partition coefficient (Wildman–Crippen LogP) is 4.40. The average Bonchev–Trinajstić information content (AvgIpc) is 2.62. The van der Waals surface area contributed by atoms with Crippen LogP contribution >= 0.6 is 34.4 Å². The van der Waals surface area contributed by atoms with Crippen LogP contribution in [-0.2, 0) is 4.79 Å². The molecule has 0 saturated heterocycles.